The zero-order chi connectivity index (χ0) is 11.8. The molecule has 0 aliphatic carbocycles. The van der Waals surface area contributed by atoms with Crippen LogP contribution < -0.4 is 0 Å². The van der Waals surface area contributed by atoms with Gasteiger partial charge in [0.15, 0.2) is 0 Å². The predicted octanol–water partition coefficient (Wildman–Crippen LogP) is 3.30. The number of aromatic nitrogens is 1. The molecule has 2 heterocycles. The summed E-state index contributed by atoms with van der Waals surface area (Å²) in [5.74, 6) is -0.455. The number of thiophene rings is 1. The first kappa shape index (κ1) is 11.7. The van der Waals surface area contributed by atoms with Gasteiger partial charge in [-0.25, -0.2) is 4.39 Å². The molecular formula is C11H9BrFNOS. The van der Waals surface area contributed by atoms with Crippen molar-refractivity contribution in [3.8, 4) is 0 Å². The highest BCUT2D eigenvalue weighted by Crippen LogP contribution is 2.36. The van der Waals surface area contributed by atoms with Gasteiger partial charge in [-0.05, 0) is 34.3 Å². The smallest absolute Gasteiger partial charge is 0.141 e. The van der Waals surface area contributed by atoms with Crippen molar-refractivity contribution >= 4 is 27.3 Å². The first-order valence-corrected chi connectivity index (χ1v) is 6.31. The molecule has 2 nitrogen and oxygen atoms in total. The molecule has 16 heavy (non-hydrogen) atoms. The van der Waals surface area contributed by atoms with E-state index in [9.17, 15) is 9.50 Å². The van der Waals surface area contributed by atoms with Crippen molar-refractivity contribution in [1.29, 1.82) is 0 Å². The monoisotopic (exact) mass is 301 g/mol. The fourth-order valence-corrected chi connectivity index (χ4v) is 3.25. The van der Waals surface area contributed by atoms with Gasteiger partial charge in [0.25, 0.3) is 0 Å². The Kier molecular flexibility index (Phi) is 3.10. The minimum atomic E-state index is -1.24. The normalized spacial score (nSPS) is 14.8. The Morgan fingerprint density at radius 2 is 2.19 bits per heavy atom. The van der Waals surface area contributed by atoms with Gasteiger partial charge in [-0.15, -0.1) is 0 Å². The summed E-state index contributed by atoms with van der Waals surface area (Å²) >= 11 is 4.83. The molecule has 1 unspecified atom stereocenters. The van der Waals surface area contributed by atoms with Crippen molar-refractivity contribution in [3.05, 3.63) is 50.6 Å². The van der Waals surface area contributed by atoms with Crippen LogP contribution >= 0.6 is 27.3 Å². The maximum Gasteiger partial charge on any atom is 0.141 e. The molecule has 2 rings (SSSR count). The first-order valence-electron chi connectivity index (χ1n) is 4.57. The van der Waals surface area contributed by atoms with Crippen LogP contribution in [0.5, 0.6) is 0 Å². The van der Waals surface area contributed by atoms with Gasteiger partial charge in [0.1, 0.15) is 11.4 Å². The SMILES string of the molecule is CC(O)(c1cncc(F)c1)c1cscc1Br. The third-order valence-electron chi connectivity index (χ3n) is 2.41. The highest BCUT2D eigenvalue weighted by atomic mass is 79.9. The summed E-state index contributed by atoms with van der Waals surface area (Å²) in [6, 6.07) is 1.29. The van der Waals surface area contributed by atoms with Gasteiger partial charge in [0.2, 0.25) is 0 Å². The lowest BCUT2D eigenvalue weighted by atomic mass is 9.91. The summed E-state index contributed by atoms with van der Waals surface area (Å²) in [6.07, 6.45) is 2.58. The molecule has 0 amide bonds. The summed E-state index contributed by atoms with van der Waals surface area (Å²) < 4.78 is 13.9. The van der Waals surface area contributed by atoms with Gasteiger partial charge >= 0.3 is 0 Å². The van der Waals surface area contributed by atoms with Crippen molar-refractivity contribution in [2.45, 2.75) is 12.5 Å². The second kappa shape index (κ2) is 4.24. The number of aliphatic hydroxyl groups is 1. The van der Waals surface area contributed by atoms with Crippen LogP contribution in [-0.2, 0) is 5.60 Å². The quantitative estimate of drug-likeness (QED) is 0.923. The predicted molar refractivity (Wildman–Crippen MR) is 64.9 cm³/mol. The molecule has 0 aromatic carbocycles. The van der Waals surface area contributed by atoms with Crippen LogP contribution in [-0.4, -0.2) is 10.1 Å². The number of halogens is 2. The van der Waals surface area contributed by atoms with E-state index in [4.69, 9.17) is 0 Å². The van der Waals surface area contributed by atoms with Crippen LogP contribution in [0.2, 0.25) is 0 Å². The third-order valence-corrected chi connectivity index (χ3v) is 4.11. The van der Waals surface area contributed by atoms with Gasteiger partial charge in [-0.2, -0.15) is 11.3 Å². The van der Waals surface area contributed by atoms with Crippen molar-refractivity contribution in [1.82, 2.24) is 4.98 Å². The van der Waals surface area contributed by atoms with E-state index in [0.717, 1.165) is 10.7 Å². The molecule has 84 valence electrons. The largest absolute Gasteiger partial charge is 0.381 e. The Bertz CT molecular complexity index is 512. The maximum atomic E-state index is 13.1. The van der Waals surface area contributed by atoms with E-state index in [2.05, 4.69) is 20.9 Å². The van der Waals surface area contributed by atoms with Crippen molar-refractivity contribution in [2.24, 2.45) is 0 Å². The summed E-state index contributed by atoms with van der Waals surface area (Å²) in [5.41, 5.74) is -0.0926. The maximum absolute atomic E-state index is 13.1. The summed E-state index contributed by atoms with van der Waals surface area (Å²) in [6.45, 7) is 1.62. The van der Waals surface area contributed by atoms with Crippen LogP contribution in [0, 0.1) is 5.82 Å². The van der Waals surface area contributed by atoms with E-state index in [0.29, 0.717) is 11.1 Å². The minimum Gasteiger partial charge on any atom is -0.381 e. The van der Waals surface area contributed by atoms with E-state index in [1.54, 1.807) is 6.92 Å². The summed E-state index contributed by atoms with van der Waals surface area (Å²) in [4.78, 5) is 3.74. The van der Waals surface area contributed by atoms with Crippen LogP contribution in [0.15, 0.2) is 33.7 Å². The fourth-order valence-electron chi connectivity index (χ4n) is 1.46. The van der Waals surface area contributed by atoms with Gasteiger partial charge in [-0.3, -0.25) is 4.98 Å². The number of rotatable bonds is 2. The number of nitrogens with zero attached hydrogens (tertiary/aromatic N) is 1. The third kappa shape index (κ3) is 2.03. The Balaban J connectivity index is 2.51. The van der Waals surface area contributed by atoms with Crippen molar-refractivity contribution in [3.63, 3.8) is 0 Å². The van der Waals surface area contributed by atoms with Gasteiger partial charge < -0.3 is 5.11 Å². The van der Waals surface area contributed by atoms with Crippen LogP contribution in [0.25, 0.3) is 0 Å². The molecule has 1 N–H and O–H groups in total. The second-order valence-electron chi connectivity index (χ2n) is 3.60. The van der Waals surface area contributed by atoms with Gasteiger partial charge in [-0.1, -0.05) is 0 Å². The second-order valence-corrected chi connectivity index (χ2v) is 5.20. The van der Waals surface area contributed by atoms with Crippen LogP contribution in [0.3, 0.4) is 0 Å². The van der Waals surface area contributed by atoms with E-state index in [1.165, 1.54) is 23.6 Å². The van der Waals surface area contributed by atoms with E-state index < -0.39 is 11.4 Å². The van der Waals surface area contributed by atoms with E-state index in [1.807, 2.05) is 10.8 Å². The molecule has 0 bridgehead atoms. The topological polar surface area (TPSA) is 33.1 Å². The number of hydrogen-bond acceptors (Lipinski definition) is 3. The Hall–Kier alpha value is -0.780. The average molecular weight is 302 g/mol. The standard InChI is InChI=1S/C11H9BrFNOS/c1-11(15,9-5-16-6-10(9)12)7-2-8(13)4-14-3-7/h2-6,15H,1H3. The molecule has 0 aliphatic rings. The van der Waals surface area contributed by atoms with Crippen molar-refractivity contribution in [2.75, 3.05) is 0 Å². The lowest BCUT2D eigenvalue weighted by Crippen LogP contribution is -2.22. The first-order chi connectivity index (χ1) is 7.51. The van der Waals surface area contributed by atoms with Crippen molar-refractivity contribution < 1.29 is 9.50 Å². The molecule has 0 aliphatic heterocycles. The molecule has 0 saturated carbocycles. The summed E-state index contributed by atoms with van der Waals surface area (Å²) in [7, 11) is 0. The highest BCUT2D eigenvalue weighted by Gasteiger charge is 2.29. The summed E-state index contributed by atoms with van der Waals surface area (Å²) in [5, 5.41) is 14.1. The van der Waals surface area contributed by atoms with Crippen LogP contribution in [0.4, 0.5) is 4.39 Å². The fraction of sp³-hybridized carbons (Fsp3) is 0.182. The van der Waals surface area contributed by atoms with E-state index >= 15 is 0 Å². The molecular weight excluding hydrogens is 293 g/mol. The highest BCUT2D eigenvalue weighted by molar-refractivity contribution is 9.10. The van der Waals surface area contributed by atoms with Gasteiger partial charge in [0, 0.05) is 27.2 Å². The lowest BCUT2D eigenvalue weighted by molar-refractivity contribution is 0.101. The molecule has 0 radical (unpaired) electrons. The zero-order valence-corrected chi connectivity index (χ0v) is 10.8. The number of pyridine rings is 1. The molecule has 0 saturated heterocycles. The Morgan fingerprint density at radius 3 is 2.75 bits per heavy atom. The minimum absolute atomic E-state index is 0.437. The average Bonchev–Trinajstić information content (AvgIpc) is 2.65. The lowest BCUT2D eigenvalue weighted by Gasteiger charge is -2.23. The number of hydrogen-bond donors (Lipinski definition) is 1. The van der Waals surface area contributed by atoms with Gasteiger partial charge in [0.05, 0.1) is 6.20 Å². The Labute approximate surface area is 105 Å². The van der Waals surface area contributed by atoms with Crippen LogP contribution in [0.1, 0.15) is 18.1 Å². The molecule has 1 atom stereocenters. The molecule has 5 heteroatoms. The zero-order valence-electron chi connectivity index (χ0n) is 8.45. The molecule has 2 aromatic heterocycles. The molecule has 0 fully saturated rings. The van der Waals surface area contributed by atoms with E-state index in [-0.39, 0.29) is 0 Å². The molecule has 0 spiro atoms. The Morgan fingerprint density at radius 1 is 1.44 bits per heavy atom. The molecule has 2 aromatic rings.